The van der Waals surface area contributed by atoms with E-state index in [4.69, 9.17) is 5.73 Å². The quantitative estimate of drug-likeness (QED) is 0.758. The van der Waals surface area contributed by atoms with Gasteiger partial charge in [0.25, 0.3) is 5.82 Å². The monoisotopic (exact) mass is 215 g/mol. The van der Waals surface area contributed by atoms with Crippen LogP contribution in [0.1, 0.15) is 11.7 Å². The Morgan fingerprint density at radius 2 is 1.75 bits per heavy atom. The summed E-state index contributed by atoms with van der Waals surface area (Å²) in [6.07, 6.45) is 1.33. The van der Waals surface area contributed by atoms with Crippen LogP contribution >= 0.6 is 0 Å². The number of anilines is 1. The zero-order chi connectivity index (χ0) is 11.4. The average Bonchev–Trinajstić information content (AvgIpc) is 2.33. The number of hydrogen-bond donors (Lipinski definition) is 2. The summed E-state index contributed by atoms with van der Waals surface area (Å²) < 4.78 is 1.83. The van der Waals surface area contributed by atoms with Crippen molar-refractivity contribution in [3.63, 3.8) is 0 Å². The maximum absolute atomic E-state index is 10.0. The van der Waals surface area contributed by atoms with E-state index in [2.05, 4.69) is 0 Å². The maximum Gasteiger partial charge on any atom is 0.272 e. The third-order valence-corrected chi connectivity index (χ3v) is 2.53. The fourth-order valence-electron chi connectivity index (χ4n) is 1.62. The summed E-state index contributed by atoms with van der Waals surface area (Å²) >= 11 is 0. The van der Waals surface area contributed by atoms with Crippen LogP contribution in [0.5, 0.6) is 0 Å². The first-order valence-electron chi connectivity index (χ1n) is 5.24. The Hall–Kier alpha value is -1.87. The van der Waals surface area contributed by atoms with E-state index in [1.54, 1.807) is 0 Å². The maximum atomic E-state index is 10.0. The third-order valence-electron chi connectivity index (χ3n) is 2.53. The van der Waals surface area contributed by atoms with E-state index in [-0.39, 0.29) is 0 Å². The minimum absolute atomic E-state index is 0.469. The second-order valence-corrected chi connectivity index (χ2v) is 3.70. The lowest BCUT2D eigenvalue weighted by Crippen LogP contribution is -2.39. The summed E-state index contributed by atoms with van der Waals surface area (Å²) in [5, 5.41) is 10.0. The van der Waals surface area contributed by atoms with Gasteiger partial charge in [-0.25, -0.2) is 4.57 Å². The van der Waals surface area contributed by atoms with Crippen LogP contribution in [0, 0.1) is 0 Å². The van der Waals surface area contributed by atoms with Gasteiger partial charge in [-0.15, -0.1) is 0 Å². The second-order valence-electron chi connectivity index (χ2n) is 3.70. The molecule has 0 aliphatic carbocycles. The Balaban J connectivity index is 2.14. The summed E-state index contributed by atoms with van der Waals surface area (Å²) in [6.45, 7) is 0.469. The molecule has 0 aliphatic rings. The molecule has 1 aromatic heterocycles. The molecular formula is C13H15N2O+. The molecule has 1 aromatic carbocycles. The van der Waals surface area contributed by atoms with E-state index in [1.807, 2.05) is 59.3 Å². The number of nitrogens with two attached hydrogens (primary N) is 1. The highest BCUT2D eigenvalue weighted by Crippen LogP contribution is 2.12. The minimum atomic E-state index is -0.532. The van der Waals surface area contributed by atoms with Gasteiger partial charge in [0.05, 0.1) is 6.20 Å². The lowest BCUT2D eigenvalue weighted by atomic mass is 10.1. The van der Waals surface area contributed by atoms with Gasteiger partial charge >= 0.3 is 0 Å². The molecule has 16 heavy (non-hydrogen) atoms. The molecule has 0 fully saturated rings. The summed E-state index contributed by atoms with van der Waals surface area (Å²) in [6, 6.07) is 15.2. The number of hydrogen-bond acceptors (Lipinski definition) is 2. The van der Waals surface area contributed by atoms with E-state index >= 15 is 0 Å². The van der Waals surface area contributed by atoms with Crippen LogP contribution < -0.4 is 10.3 Å². The van der Waals surface area contributed by atoms with Crippen molar-refractivity contribution in [3.8, 4) is 0 Å². The molecule has 3 nitrogen and oxygen atoms in total. The van der Waals surface area contributed by atoms with Crippen molar-refractivity contribution < 1.29 is 9.67 Å². The van der Waals surface area contributed by atoms with E-state index in [0.717, 1.165) is 5.56 Å². The Labute approximate surface area is 94.8 Å². The Morgan fingerprint density at radius 1 is 1.06 bits per heavy atom. The summed E-state index contributed by atoms with van der Waals surface area (Å²) in [5.41, 5.74) is 6.70. The van der Waals surface area contributed by atoms with Crippen LogP contribution in [-0.4, -0.2) is 5.11 Å². The number of aromatic nitrogens is 1. The number of rotatable bonds is 3. The van der Waals surface area contributed by atoms with Gasteiger partial charge in [-0.1, -0.05) is 36.4 Å². The molecule has 3 heteroatoms. The van der Waals surface area contributed by atoms with Crippen molar-refractivity contribution in [2.24, 2.45) is 0 Å². The SMILES string of the molecule is Nc1cccc[n+]1C[C@H](O)c1ccccc1. The van der Waals surface area contributed by atoms with Crippen molar-refractivity contribution in [3.05, 3.63) is 60.3 Å². The highest BCUT2D eigenvalue weighted by atomic mass is 16.3. The fraction of sp³-hybridized carbons (Fsp3) is 0.154. The predicted octanol–water partition coefficient (Wildman–Crippen LogP) is 1.29. The zero-order valence-electron chi connectivity index (χ0n) is 8.95. The molecule has 0 unspecified atom stereocenters. The molecule has 0 saturated carbocycles. The van der Waals surface area contributed by atoms with Gasteiger partial charge in [-0.3, -0.25) is 5.73 Å². The molecule has 0 aliphatic heterocycles. The van der Waals surface area contributed by atoms with Crippen molar-refractivity contribution in [1.29, 1.82) is 0 Å². The number of aliphatic hydroxyl groups excluding tert-OH is 1. The van der Waals surface area contributed by atoms with Crippen molar-refractivity contribution in [2.45, 2.75) is 12.6 Å². The Bertz CT molecular complexity index is 456. The van der Waals surface area contributed by atoms with Gasteiger partial charge in [0.15, 0.2) is 0 Å². The smallest absolute Gasteiger partial charge is 0.272 e. The highest BCUT2D eigenvalue weighted by molar-refractivity contribution is 5.19. The highest BCUT2D eigenvalue weighted by Gasteiger charge is 2.12. The minimum Gasteiger partial charge on any atom is -0.384 e. The molecule has 1 heterocycles. The lowest BCUT2D eigenvalue weighted by Gasteiger charge is -2.10. The van der Waals surface area contributed by atoms with Crippen molar-refractivity contribution in [2.75, 3.05) is 5.73 Å². The number of aliphatic hydroxyl groups is 1. The number of pyridine rings is 1. The van der Waals surface area contributed by atoms with E-state index in [1.165, 1.54) is 0 Å². The van der Waals surface area contributed by atoms with Crippen LogP contribution in [0.4, 0.5) is 5.82 Å². The molecule has 0 radical (unpaired) electrons. The van der Waals surface area contributed by atoms with Gasteiger partial charge in [0, 0.05) is 6.07 Å². The molecule has 82 valence electrons. The van der Waals surface area contributed by atoms with Crippen LogP contribution in [0.3, 0.4) is 0 Å². The van der Waals surface area contributed by atoms with E-state index in [0.29, 0.717) is 12.4 Å². The normalized spacial score (nSPS) is 12.3. The zero-order valence-corrected chi connectivity index (χ0v) is 8.95. The number of nitrogen functional groups attached to an aromatic ring is 1. The number of nitrogens with zero attached hydrogens (tertiary/aromatic N) is 1. The van der Waals surface area contributed by atoms with Gasteiger partial charge in [0.1, 0.15) is 12.6 Å². The van der Waals surface area contributed by atoms with Gasteiger partial charge in [-0.05, 0) is 11.6 Å². The molecule has 0 bridgehead atoms. The first-order valence-corrected chi connectivity index (χ1v) is 5.24. The van der Waals surface area contributed by atoms with Gasteiger partial charge in [0.2, 0.25) is 0 Å². The molecule has 2 rings (SSSR count). The topological polar surface area (TPSA) is 50.1 Å². The first-order chi connectivity index (χ1) is 7.77. The first kappa shape index (κ1) is 10.6. The average molecular weight is 215 g/mol. The summed E-state index contributed by atoms with van der Waals surface area (Å²) in [5.74, 6) is 0.650. The molecule has 3 N–H and O–H groups in total. The van der Waals surface area contributed by atoms with Gasteiger partial charge in [-0.2, -0.15) is 0 Å². The number of benzene rings is 1. The van der Waals surface area contributed by atoms with Crippen LogP contribution in [-0.2, 0) is 6.54 Å². The lowest BCUT2D eigenvalue weighted by molar-refractivity contribution is -0.690. The molecule has 0 spiro atoms. The Morgan fingerprint density at radius 3 is 2.44 bits per heavy atom. The molecule has 2 aromatic rings. The second kappa shape index (κ2) is 4.77. The summed E-state index contributed by atoms with van der Waals surface area (Å²) in [7, 11) is 0. The standard InChI is InChI=1S/C13H14N2O/c14-13-8-4-5-9-15(13)10-12(16)11-6-2-1-3-7-11/h1-9,12,14,16H,10H2/p+1/t12-/m0/s1. The fourth-order valence-corrected chi connectivity index (χ4v) is 1.62. The third kappa shape index (κ3) is 2.38. The Kier molecular flexibility index (Phi) is 3.17. The van der Waals surface area contributed by atoms with E-state index < -0.39 is 6.10 Å². The largest absolute Gasteiger partial charge is 0.384 e. The molecular weight excluding hydrogens is 200 g/mol. The molecule has 1 atom stereocenters. The van der Waals surface area contributed by atoms with Crippen molar-refractivity contribution >= 4 is 5.82 Å². The predicted molar refractivity (Wildman–Crippen MR) is 62.5 cm³/mol. The van der Waals surface area contributed by atoms with Crippen LogP contribution in [0.2, 0.25) is 0 Å². The summed E-state index contributed by atoms with van der Waals surface area (Å²) in [4.78, 5) is 0. The van der Waals surface area contributed by atoms with Crippen LogP contribution in [0.15, 0.2) is 54.7 Å². The van der Waals surface area contributed by atoms with Gasteiger partial charge < -0.3 is 5.11 Å². The van der Waals surface area contributed by atoms with E-state index in [9.17, 15) is 5.11 Å². The molecule has 0 saturated heterocycles. The molecule has 0 amide bonds. The van der Waals surface area contributed by atoms with Crippen molar-refractivity contribution in [1.82, 2.24) is 0 Å². The van der Waals surface area contributed by atoms with Crippen LogP contribution in [0.25, 0.3) is 0 Å².